The van der Waals surface area contributed by atoms with Crippen LogP contribution in [0.3, 0.4) is 0 Å². The second-order valence-corrected chi connectivity index (χ2v) is 9.45. The molecule has 2 aromatic heterocycles. The summed E-state index contributed by atoms with van der Waals surface area (Å²) >= 11 is 1.74. The van der Waals surface area contributed by atoms with Gasteiger partial charge in [-0.1, -0.05) is 24.3 Å². The summed E-state index contributed by atoms with van der Waals surface area (Å²) in [7, 11) is 2.06. The molecule has 1 aromatic carbocycles. The number of para-hydroxylation sites is 1. The van der Waals surface area contributed by atoms with Gasteiger partial charge in [0.2, 0.25) is 0 Å². The van der Waals surface area contributed by atoms with E-state index in [2.05, 4.69) is 45.5 Å². The van der Waals surface area contributed by atoms with Gasteiger partial charge in [0.15, 0.2) is 6.61 Å². The zero-order valence-corrected chi connectivity index (χ0v) is 18.6. The molecule has 6 nitrogen and oxygen atoms in total. The molecule has 1 N–H and O–H groups in total. The molecule has 31 heavy (non-hydrogen) atoms. The van der Waals surface area contributed by atoms with Crippen molar-refractivity contribution in [2.75, 3.05) is 26.2 Å². The molecule has 3 fully saturated rings. The van der Waals surface area contributed by atoms with Crippen LogP contribution in [0.2, 0.25) is 0 Å². The minimum Gasteiger partial charge on any atom is -0.484 e. The van der Waals surface area contributed by atoms with Gasteiger partial charge in [-0.3, -0.25) is 14.4 Å². The number of benzene rings is 1. The number of nitrogens with zero attached hydrogens (tertiary/aromatic N) is 3. The molecular formula is C24H28N4O2S. The topological polar surface area (TPSA) is 59.4 Å². The van der Waals surface area contributed by atoms with Crippen LogP contribution in [0.15, 0.2) is 53.9 Å². The number of fused-ring (bicyclic) bond motifs is 3. The van der Waals surface area contributed by atoms with E-state index in [0.29, 0.717) is 24.4 Å². The summed E-state index contributed by atoms with van der Waals surface area (Å²) in [5, 5.41) is 9.95. The van der Waals surface area contributed by atoms with Crippen LogP contribution in [0, 0.1) is 5.92 Å². The summed E-state index contributed by atoms with van der Waals surface area (Å²) in [5.41, 5.74) is 2.41. The number of rotatable bonds is 7. The monoisotopic (exact) mass is 436 g/mol. The number of carbonyl (C=O) groups is 1. The molecule has 3 aliphatic heterocycles. The van der Waals surface area contributed by atoms with Gasteiger partial charge in [-0.25, -0.2) is 0 Å². The SMILES string of the molecule is Cn1nc(-c2cccs2)cc1C1CN2CCC1CC2CNC(=O)COc1ccccc1. The second kappa shape index (κ2) is 8.85. The van der Waals surface area contributed by atoms with Crippen LogP contribution < -0.4 is 10.1 Å². The molecule has 3 saturated heterocycles. The largest absolute Gasteiger partial charge is 0.484 e. The number of nitrogens with one attached hydrogen (secondary N) is 1. The maximum absolute atomic E-state index is 12.2. The van der Waals surface area contributed by atoms with Crippen LogP contribution in [-0.4, -0.2) is 52.9 Å². The van der Waals surface area contributed by atoms with Crippen molar-refractivity contribution >= 4 is 17.2 Å². The molecule has 5 heterocycles. The highest BCUT2D eigenvalue weighted by Gasteiger charge is 2.41. The van der Waals surface area contributed by atoms with E-state index in [9.17, 15) is 4.79 Å². The Bertz CT molecular complexity index is 1020. The number of thiophene rings is 1. The summed E-state index contributed by atoms with van der Waals surface area (Å²) in [6.45, 7) is 2.89. The van der Waals surface area contributed by atoms with E-state index >= 15 is 0 Å². The molecule has 0 aliphatic carbocycles. The van der Waals surface area contributed by atoms with Crippen molar-refractivity contribution in [1.82, 2.24) is 20.0 Å². The molecule has 2 bridgehead atoms. The summed E-state index contributed by atoms with van der Waals surface area (Å²) < 4.78 is 7.62. The number of piperidine rings is 3. The van der Waals surface area contributed by atoms with Crippen molar-refractivity contribution < 1.29 is 9.53 Å². The van der Waals surface area contributed by atoms with Gasteiger partial charge in [0, 0.05) is 37.8 Å². The van der Waals surface area contributed by atoms with Gasteiger partial charge in [-0.2, -0.15) is 5.10 Å². The summed E-state index contributed by atoms with van der Waals surface area (Å²) in [6.07, 6.45) is 2.33. The Morgan fingerprint density at radius 3 is 2.87 bits per heavy atom. The second-order valence-electron chi connectivity index (χ2n) is 8.50. The maximum Gasteiger partial charge on any atom is 0.257 e. The van der Waals surface area contributed by atoms with Gasteiger partial charge in [-0.15, -0.1) is 11.3 Å². The lowest BCUT2D eigenvalue weighted by Crippen LogP contribution is -2.56. The first kappa shape index (κ1) is 20.3. The van der Waals surface area contributed by atoms with E-state index in [0.717, 1.165) is 31.0 Å². The van der Waals surface area contributed by atoms with Crippen molar-refractivity contribution in [2.45, 2.75) is 24.8 Å². The average molecular weight is 437 g/mol. The Kier molecular flexibility index (Phi) is 5.78. The predicted octanol–water partition coefficient (Wildman–Crippen LogP) is 3.52. The number of aromatic nitrogens is 2. The Balaban J connectivity index is 1.16. The fourth-order valence-corrected chi connectivity index (χ4v) is 5.69. The van der Waals surface area contributed by atoms with E-state index in [-0.39, 0.29) is 12.5 Å². The quantitative estimate of drug-likeness (QED) is 0.616. The average Bonchev–Trinajstić information content (AvgIpc) is 3.47. The minimum atomic E-state index is -0.0599. The number of amides is 1. The van der Waals surface area contributed by atoms with Crippen LogP contribution in [0.4, 0.5) is 0 Å². The molecule has 1 amide bonds. The number of carbonyl (C=O) groups excluding carboxylic acids is 1. The first-order valence-electron chi connectivity index (χ1n) is 10.9. The molecule has 0 spiro atoms. The third-order valence-electron chi connectivity index (χ3n) is 6.60. The fourth-order valence-electron chi connectivity index (χ4n) is 5.01. The molecule has 4 unspecified atom stereocenters. The van der Waals surface area contributed by atoms with Crippen molar-refractivity contribution in [2.24, 2.45) is 13.0 Å². The highest BCUT2D eigenvalue weighted by Crippen LogP contribution is 2.42. The highest BCUT2D eigenvalue weighted by atomic mass is 32.1. The molecule has 3 aliphatic rings. The number of hydrogen-bond donors (Lipinski definition) is 1. The Morgan fingerprint density at radius 2 is 2.13 bits per heavy atom. The first-order chi connectivity index (χ1) is 15.2. The maximum atomic E-state index is 12.2. The van der Waals surface area contributed by atoms with Crippen molar-refractivity contribution in [1.29, 1.82) is 0 Å². The molecule has 0 radical (unpaired) electrons. The van der Waals surface area contributed by atoms with Crippen LogP contribution in [-0.2, 0) is 11.8 Å². The predicted molar refractivity (Wildman–Crippen MR) is 122 cm³/mol. The van der Waals surface area contributed by atoms with E-state index in [1.807, 2.05) is 30.3 Å². The van der Waals surface area contributed by atoms with Crippen LogP contribution in [0.25, 0.3) is 10.6 Å². The minimum absolute atomic E-state index is 0.0588. The van der Waals surface area contributed by atoms with Gasteiger partial charge in [0.25, 0.3) is 5.91 Å². The lowest BCUT2D eigenvalue weighted by atomic mass is 9.74. The Labute approximate surface area is 186 Å². The summed E-state index contributed by atoms with van der Waals surface area (Å²) in [5.74, 6) is 1.81. The van der Waals surface area contributed by atoms with Gasteiger partial charge in [0.05, 0.1) is 4.88 Å². The Morgan fingerprint density at radius 1 is 1.26 bits per heavy atom. The van der Waals surface area contributed by atoms with Crippen LogP contribution >= 0.6 is 11.3 Å². The molecule has 0 saturated carbocycles. The van der Waals surface area contributed by atoms with Gasteiger partial charge >= 0.3 is 0 Å². The number of hydrogen-bond acceptors (Lipinski definition) is 5. The lowest BCUT2D eigenvalue weighted by molar-refractivity contribution is -0.123. The molecule has 7 heteroatoms. The van der Waals surface area contributed by atoms with Crippen molar-refractivity contribution in [3.63, 3.8) is 0 Å². The number of ether oxygens (including phenoxy) is 1. The molecule has 6 rings (SSSR count). The van der Waals surface area contributed by atoms with E-state index in [1.54, 1.807) is 11.3 Å². The standard InChI is InChI=1S/C24H28N4O2S/c1-27-22(13-21(26-27)23-8-5-11-31-23)20-15-28-10-9-17(20)12-18(28)14-25-24(29)16-30-19-6-3-2-4-7-19/h2-8,11,13,17-18,20H,9-10,12,14-16H2,1H3,(H,25,29). The van der Waals surface area contributed by atoms with Crippen molar-refractivity contribution in [3.8, 4) is 16.3 Å². The molecular weight excluding hydrogens is 408 g/mol. The molecule has 4 atom stereocenters. The number of aryl methyl sites for hydroxylation is 1. The van der Waals surface area contributed by atoms with Crippen molar-refractivity contribution in [3.05, 3.63) is 59.6 Å². The van der Waals surface area contributed by atoms with E-state index in [4.69, 9.17) is 9.84 Å². The highest BCUT2D eigenvalue weighted by molar-refractivity contribution is 7.13. The summed E-state index contributed by atoms with van der Waals surface area (Å²) in [4.78, 5) is 16.0. The van der Waals surface area contributed by atoms with Gasteiger partial charge in [-0.05, 0) is 54.9 Å². The van der Waals surface area contributed by atoms with Gasteiger partial charge in [0.1, 0.15) is 11.4 Å². The van der Waals surface area contributed by atoms with Crippen LogP contribution in [0.1, 0.15) is 24.5 Å². The van der Waals surface area contributed by atoms with Crippen LogP contribution in [0.5, 0.6) is 5.75 Å². The normalized spacial score (nSPS) is 24.8. The zero-order valence-electron chi connectivity index (χ0n) is 17.7. The van der Waals surface area contributed by atoms with E-state index < -0.39 is 0 Å². The molecule has 3 aromatic rings. The fraction of sp³-hybridized carbons (Fsp3) is 0.417. The third-order valence-corrected chi connectivity index (χ3v) is 7.49. The third kappa shape index (κ3) is 4.38. The zero-order chi connectivity index (χ0) is 21.2. The summed E-state index contributed by atoms with van der Waals surface area (Å²) in [6, 6.07) is 16.4. The van der Waals surface area contributed by atoms with Gasteiger partial charge < -0.3 is 10.1 Å². The van der Waals surface area contributed by atoms with E-state index in [1.165, 1.54) is 17.0 Å². The first-order valence-corrected chi connectivity index (χ1v) is 11.8. The smallest absolute Gasteiger partial charge is 0.257 e. The molecule has 162 valence electrons. The lowest BCUT2D eigenvalue weighted by Gasteiger charge is -2.49. The Hall–Kier alpha value is -2.64.